The molecule has 0 saturated heterocycles. The van der Waals surface area contributed by atoms with Gasteiger partial charge < -0.3 is 4.42 Å². The number of hydrogen-bond acceptors (Lipinski definition) is 7. The van der Waals surface area contributed by atoms with Gasteiger partial charge in [0.15, 0.2) is 10.9 Å². The van der Waals surface area contributed by atoms with Gasteiger partial charge in [-0.25, -0.2) is 13.4 Å². The van der Waals surface area contributed by atoms with Crippen LogP contribution in [0.4, 0.5) is 5.13 Å². The van der Waals surface area contributed by atoms with Gasteiger partial charge in [0.2, 0.25) is 10.0 Å². The molecule has 1 aliphatic rings. The molecule has 0 saturated carbocycles. The largest absolute Gasteiger partial charge is 0.472 e. The van der Waals surface area contributed by atoms with Crippen molar-refractivity contribution >= 4 is 38.2 Å². The van der Waals surface area contributed by atoms with E-state index in [1.165, 1.54) is 47.2 Å². The van der Waals surface area contributed by atoms with Crippen molar-refractivity contribution in [1.29, 1.82) is 0 Å². The molecule has 0 atom stereocenters. The van der Waals surface area contributed by atoms with Crippen LogP contribution in [0.3, 0.4) is 0 Å². The maximum atomic E-state index is 13.0. The molecule has 10 heteroatoms. The molecule has 150 valence electrons. The molecule has 1 amide bonds. The maximum absolute atomic E-state index is 13.0. The van der Waals surface area contributed by atoms with Crippen molar-refractivity contribution in [3.63, 3.8) is 0 Å². The highest BCUT2D eigenvalue weighted by Crippen LogP contribution is 2.31. The molecule has 2 aromatic heterocycles. The summed E-state index contributed by atoms with van der Waals surface area (Å²) >= 11 is 1.25. The number of hydrogen-bond donors (Lipinski definition) is 1. The van der Waals surface area contributed by atoms with Gasteiger partial charge in [-0.1, -0.05) is 12.1 Å². The Morgan fingerprint density at radius 2 is 2.07 bits per heavy atom. The number of amides is 1. The van der Waals surface area contributed by atoms with Crippen molar-refractivity contribution in [1.82, 2.24) is 9.29 Å². The fraction of sp³-hybridized carbons (Fsp3) is 0.211. The zero-order valence-corrected chi connectivity index (χ0v) is 17.0. The number of furan rings is 1. The van der Waals surface area contributed by atoms with E-state index in [-0.39, 0.29) is 29.7 Å². The third kappa shape index (κ3) is 3.86. The number of benzene rings is 1. The SMILES string of the molecule is CC(=O)c1cccc(S(=O)(=O)N2CCc3nc(NC(=O)c4ccoc4)sc3C2)c1. The Morgan fingerprint density at radius 1 is 1.24 bits per heavy atom. The smallest absolute Gasteiger partial charge is 0.260 e. The standard InChI is InChI=1S/C19H17N3O5S2/c1-12(23)13-3-2-4-15(9-13)29(25,26)22-7-5-16-17(10-22)28-19(20-16)21-18(24)14-6-8-27-11-14/h2-4,6,8-9,11H,5,7,10H2,1H3,(H,20,21,24). The number of carbonyl (C=O) groups is 2. The van der Waals surface area contributed by atoms with Gasteiger partial charge in [0.05, 0.1) is 29.0 Å². The molecule has 1 N–H and O–H groups in total. The molecule has 0 bridgehead atoms. The summed E-state index contributed by atoms with van der Waals surface area (Å²) in [6.07, 6.45) is 3.19. The molecule has 1 aromatic carbocycles. The van der Waals surface area contributed by atoms with Crippen LogP contribution in [-0.2, 0) is 23.0 Å². The Hall–Kier alpha value is -2.82. The van der Waals surface area contributed by atoms with Crippen LogP contribution in [0.5, 0.6) is 0 Å². The van der Waals surface area contributed by atoms with Gasteiger partial charge in [0.25, 0.3) is 5.91 Å². The number of carbonyl (C=O) groups excluding carboxylic acids is 2. The van der Waals surface area contributed by atoms with Crippen molar-refractivity contribution in [3.05, 3.63) is 64.6 Å². The molecule has 0 unspecified atom stereocenters. The van der Waals surface area contributed by atoms with Crippen molar-refractivity contribution < 1.29 is 22.4 Å². The molecular weight excluding hydrogens is 414 g/mol. The first kappa shape index (κ1) is 19.5. The normalized spacial score (nSPS) is 14.4. The highest BCUT2D eigenvalue weighted by molar-refractivity contribution is 7.89. The number of rotatable bonds is 5. The lowest BCUT2D eigenvalue weighted by atomic mass is 10.2. The molecule has 0 aliphatic carbocycles. The molecule has 4 rings (SSSR count). The first-order valence-corrected chi connectivity index (χ1v) is 11.0. The van der Waals surface area contributed by atoms with E-state index < -0.39 is 10.0 Å². The Kier molecular flexibility index (Phi) is 5.07. The first-order valence-electron chi connectivity index (χ1n) is 8.78. The predicted molar refractivity (Wildman–Crippen MR) is 107 cm³/mol. The van der Waals surface area contributed by atoms with E-state index in [4.69, 9.17) is 4.42 Å². The molecular formula is C19H17N3O5S2. The van der Waals surface area contributed by atoms with Gasteiger partial charge in [-0.3, -0.25) is 14.9 Å². The first-order chi connectivity index (χ1) is 13.8. The van der Waals surface area contributed by atoms with Gasteiger partial charge in [-0.2, -0.15) is 4.31 Å². The summed E-state index contributed by atoms with van der Waals surface area (Å²) in [5.41, 5.74) is 1.51. The van der Waals surface area contributed by atoms with Gasteiger partial charge in [-0.05, 0) is 25.1 Å². The summed E-state index contributed by atoms with van der Waals surface area (Å²) in [5.74, 6) is -0.529. The number of nitrogens with zero attached hydrogens (tertiary/aromatic N) is 2. The van der Waals surface area contributed by atoms with Crippen LogP contribution < -0.4 is 5.32 Å². The van der Waals surface area contributed by atoms with E-state index in [1.54, 1.807) is 18.2 Å². The van der Waals surface area contributed by atoms with E-state index >= 15 is 0 Å². The lowest BCUT2D eigenvalue weighted by Crippen LogP contribution is -2.35. The quantitative estimate of drug-likeness (QED) is 0.622. The Labute approximate surface area is 171 Å². The molecule has 8 nitrogen and oxygen atoms in total. The zero-order chi connectivity index (χ0) is 20.6. The highest BCUT2D eigenvalue weighted by atomic mass is 32.2. The van der Waals surface area contributed by atoms with Gasteiger partial charge in [-0.15, -0.1) is 11.3 Å². The zero-order valence-electron chi connectivity index (χ0n) is 15.4. The fourth-order valence-electron chi connectivity index (χ4n) is 3.02. The molecule has 1 aliphatic heterocycles. The van der Waals surface area contributed by atoms with E-state index in [0.29, 0.717) is 22.7 Å². The average Bonchev–Trinajstić information content (AvgIpc) is 3.37. The van der Waals surface area contributed by atoms with Crippen LogP contribution in [0, 0.1) is 0 Å². The van der Waals surface area contributed by atoms with Gasteiger partial charge in [0, 0.05) is 23.4 Å². The van der Waals surface area contributed by atoms with Crippen LogP contribution in [0.15, 0.2) is 52.2 Å². The second kappa shape index (κ2) is 7.54. The number of fused-ring (bicyclic) bond motifs is 1. The summed E-state index contributed by atoms with van der Waals surface area (Å²) in [6.45, 7) is 1.84. The highest BCUT2D eigenvalue weighted by Gasteiger charge is 2.31. The predicted octanol–water partition coefficient (Wildman–Crippen LogP) is 2.94. The van der Waals surface area contributed by atoms with Crippen LogP contribution in [-0.4, -0.2) is 35.9 Å². The topological polar surface area (TPSA) is 110 Å². The number of thiazole rings is 1. The van der Waals surface area contributed by atoms with Crippen molar-refractivity contribution in [2.75, 3.05) is 11.9 Å². The van der Waals surface area contributed by atoms with Crippen molar-refractivity contribution in [2.45, 2.75) is 24.8 Å². The summed E-state index contributed by atoms with van der Waals surface area (Å²) in [4.78, 5) is 29.0. The lowest BCUT2D eigenvalue weighted by Gasteiger charge is -2.25. The molecule has 0 fully saturated rings. The number of aromatic nitrogens is 1. The summed E-state index contributed by atoms with van der Waals surface area (Å²) in [5, 5.41) is 3.13. The second-order valence-corrected chi connectivity index (χ2v) is 9.55. The number of sulfonamides is 1. The second-order valence-electron chi connectivity index (χ2n) is 6.53. The fourth-order valence-corrected chi connectivity index (χ4v) is 5.57. The third-order valence-electron chi connectivity index (χ3n) is 4.58. The number of ketones is 1. The van der Waals surface area contributed by atoms with Crippen molar-refractivity contribution in [3.8, 4) is 0 Å². The minimum atomic E-state index is -3.75. The lowest BCUT2D eigenvalue weighted by molar-refractivity contribution is 0.101. The maximum Gasteiger partial charge on any atom is 0.260 e. The summed E-state index contributed by atoms with van der Waals surface area (Å²) in [6, 6.07) is 7.59. The van der Waals surface area contributed by atoms with Crippen LogP contribution in [0.2, 0.25) is 0 Å². The van der Waals surface area contributed by atoms with E-state index in [0.717, 1.165) is 10.6 Å². The minimum Gasteiger partial charge on any atom is -0.472 e. The van der Waals surface area contributed by atoms with E-state index in [2.05, 4.69) is 10.3 Å². The summed E-state index contributed by atoms with van der Waals surface area (Å²) < 4.78 is 32.3. The van der Waals surface area contributed by atoms with E-state index in [9.17, 15) is 18.0 Å². The number of nitrogens with one attached hydrogen (secondary N) is 1. The third-order valence-corrected chi connectivity index (χ3v) is 7.42. The summed E-state index contributed by atoms with van der Waals surface area (Å²) in [7, 11) is -3.75. The Bertz CT molecular complexity index is 1180. The van der Waals surface area contributed by atoms with Crippen molar-refractivity contribution in [2.24, 2.45) is 0 Å². The van der Waals surface area contributed by atoms with Crippen LogP contribution in [0.1, 0.15) is 38.2 Å². The molecule has 3 aromatic rings. The number of anilines is 1. The monoisotopic (exact) mass is 431 g/mol. The minimum absolute atomic E-state index is 0.0895. The molecule has 3 heterocycles. The average molecular weight is 431 g/mol. The van der Waals surface area contributed by atoms with Gasteiger partial charge in [0.1, 0.15) is 6.26 Å². The number of Topliss-reactive ketones (excluding diaryl/α,β-unsaturated/α-hetero) is 1. The van der Waals surface area contributed by atoms with Gasteiger partial charge >= 0.3 is 0 Å². The molecule has 0 radical (unpaired) electrons. The molecule has 29 heavy (non-hydrogen) atoms. The van der Waals surface area contributed by atoms with Crippen LogP contribution >= 0.6 is 11.3 Å². The van der Waals surface area contributed by atoms with E-state index in [1.807, 2.05) is 0 Å². The Balaban J connectivity index is 1.54. The Morgan fingerprint density at radius 3 is 2.79 bits per heavy atom. The van der Waals surface area contributed by atoms with Crippen LogP contribution in [0.25, 0.3) is 0 Å². The molecule has 0 spiro atoms.